The van der Waals surface area contributed by atoms with E-state index in [0.29, 0.717) is 23.4 Å². The third-order valence-corrected chi connectivity index (χ3v) is 6.67. The Balaban J connectivity index is 1.69. The lowest BCUT2D eigenvalue weighted by Crippen LogP contribution is -2.37. The first-order valence-corrected chi connectivity index (χ1v) is 11.0. The van der Waals surface area contributed by atoms with E-state index in [1.165, 1.54) is 25.3 Å². The average Bonchev–Trinajstić information content (AvgIpc) is 2.75. The molecule has 0 unspecified atom stereocenters. The highest BCUT2D eigenvalue weighted by atomic mass is 16.4. The molecule has 0 radical (unpaired) electrons. The first-order chi connectivity index (χ1) is 15.3. The van der Waals surface area contributed by atoms with Gasteiger partial charge in [0.15, 0.2) is 0 Å². The molecule has 168 valence electrons. The van der Waals surface area contributed by atoms with Crippen LogP contribution in [0, 0.1) is 12.3 Å². The Bertz CT molecular complexity index is 1220. The van der Waals surface area contributed by atoms with E-state index in [1.807, 2.05) is 19.1 Å². The number of pyridine rings is 1. The smallest absolute Gasteiger partial charge is 0.339 e. The minimum Gasteiger partial charge on any atom is -0.478 e. The van der Waals surface area contributed by atoms with Gasteiger partial charge in [-0.3, -0.25) is 9.36 Å². The number of aromatic nitrogens is 3. The van der Waals surface area contributed by atoms with E-state index in [2.05, 4.69) is 22.5 Å². The van der Waals surface area contributed by atoms with Crippen LogP contribution in [0.15, 0.2) is 35.3 Å². The molecule has 8 heteroatoms. The molecule has 3 aromatic rings. The topological polar surface area (TPSA) is 109 Å². The third kappa shape index (κ3) is 4.04. The van der Waals surface area contributed by atoms with E-state index in [4.69, 9.17) is 4.98 Å². The van der Waals surface area contributed by atoms with Crippen LogP contribution < -0.4 is 16.2 Å². The van der Waals surface area contributed by atoms with Crippen LogP contribution in [0.4, 0.5) is 11.8 Å². The molecule has 8 nitrogen and oxygen atoms in total. The fraction of sp³-hybridized carbons (Fsp3) is 0.417. The number of carbonyl (C=O) groups is 1. The maximum Gasteiger partial charge on any atom is 0.339 e. The van der Waals surface area contributed by atoms with Crippen molar-refractivity contribution in [2.45, 2.75) is 46.1 Å². The fourth-order valence-corrected chi connectivity index (χ4v) is 4.40. The first kappa shape index (κ1) is 21.8. The summed E-state index contributed by atoms with van der Waals surface area (Å²) in [5.74, 6) is -0.211. The van der Waals surface area contributed by atoms with E-state index in [-0.39, 0.29) is 22.4 Å². The number of aromatic carboxylic acids is 1. The van der Waals surface area contributed by atoms with Crippen LogP contribution in [0.2, 0.25) is 0 Å². The largest absolute Gasteiger partial charge is 0.478 e. The number of carboxylic acid groups (broad SMARTS) is 1. The number of fused-ring (bicyclic) bond motifs is 1. The van der Waals surface area contributed by atoms with Crippen molar-refractivity contribution in [3.05, 3.63) is 57.5 Å². The maximum atomic E-state index is 13.1. The number of hydrogen-bond donors (Lipinski definition) is 3. The number of rotatable bonds is 8. The van der Waals surface area contributed by atoms with Gasteiger partial charge in [-0.2, -0.15) is 0 Å². The summed E-state index contributed by atoms with van der Waals surface area (Å²) < 4.78 is 1.57. The van der Waals surface area contributed by atoms with Gasteiger partial charge in [-0.25, -0.2) is 14.8 Å². The zero-order valence-corrected chi connectivity index (χ0v) is 18.7. The minimum atomic E-state index is -1.05. The summed E-state index contributed by atoms with van der Waals surface area (Å²) >= 11 is 0. The van der Waals surface area contributed by atoms with Gasteiger partial charge in [-0.15, -0.1) is 0 Å². The Labute approximate surface area is 186 Å². The van der Waals surface area contributed by atoms with Crippen LogP contribution >= 0.6 is 0 Å². The first-order valence-electron chi connectivity index (χ1n) is 11.0. The molecule has 0 bridgehead atoms. The number of carboxylic acids is 1. The molecule has 4 rings (SSSR count). The van der Waals surface area contributed by atoms with E-state index in [0.717, 1.165) is 24.1 Å². The van der Waals surface area contributed by atoms with Gasteiger partial charge < -0.3 is 15.7 Å². The molecule has 2 aromatic heterocycles. The van der Waals surface area contributed by atoms with E-state index >= 15 is 0 Å². The quantitative estimate of drug-likeness (QED) is 0.492. The summed E-state index contributed by atoms with van der Waals surface area (Å²) in [7, 11) is 1.74. The van der Waals surface area contributed by atoms with Crippen LogP contribution in [-0.2, 0) is 13.6 Å². The summed E-state index contributed by atoms with van der Waals surface area (Å²) in [4.78, 5) is 33.6. The Morgan fingerprint density at radius 1 is 1.28 bits per heavy atom. The standard InChI is InChI=1S/C24H29N5O3/c1-4-24(8-6-9-24)14-27-23-28-19-16(11-15(2)12-18(19)21(30)29(23)3)13-26-20-17(22(31)32)7-5-10-25-20/h5,7,10-12H,4,6,8-9,13-14H2,1-3H3,(H,25,26)(H,27,28)(H,31,32). The van der Waals surface area contributed by atoms with E-state index in [9.17, 15) is 14.7 Å². The van der Waals surface area contributed by atoms with Crippen molar-refractivity contribution in [2.75, 3.05) is 17.2 Å². The van der Waals surface area contributed by atoms with Crippen molar-refractivity contribution < 1.29 is 9.90 Å². The van der Waals surface area contributed by atoms with Gasteiger partial charge in [0.25, 0.3) is 5.56 Å². The second-order valence-electron chi connectivity index (χ2n) is 8.74. The molecule has 0 aliphatic heterocycles. The van der Waals surface area contributed by atoms with Gasteiger partial charge in [0, 0.05) is 26.3 Å². The summed E-state index contributed by atoms with van der Waals surface area (Å²) in [5, 5.41) is 16.5. The van der Waals surface area contributed by atoms with Gasteiger partial charge >= 0.3 is 5.97 Å². The number of benzene rings is 1. The molecule has 1 aliphatic carbocycles. The van der Waals surface area contributed by atoms with Crippen LogP contribution in [0.5, 0.6) is 0 Å². The molecule has 0 amide bonds. The fourth-order valence-electron chi connectivity index (χ4n) is 4.40. The van der Waals surface area contributed by atoms with Crippen molar-refractivity contribution in [1.29, 1.82) is 0 Å². The molecule has 0 atom stereocenters. The molecule has 0 saturated heterocycles. The van der Waals surface area contributed by atoms with Gasteiger partial charge in [0.2, 0.25) is 5.95 Å². The van der Waals surface area contributed by atoms with E-state index < -0.39 is 5.97 Å². The van der Waals surface area contributed by atoms with Crippen LogP contribution in [0.3, 0.4) is 0 Å². The Morgan fingerprint density at radius 2 is 2.06 bits per heavy atom. The van der Waals surface area contributed by atoms with Crippen molar-refractivity contribution >= 4 is 28.6 Å². The normalized spacial score (nSPS) is 14.7. The number of aryl methyl sites for hydroxylation is 1. The van der Waals surface area contributed by atoms with Crippen LogP contribution in [0.25, 0.3) is 10.9 Å². The highest BCUT2D eigenvalue weighted by Crippen LogP contribution is 2.43. The van der Waals surface area contributed by atoms with E-state index in [1.54, 1.807) is 23.9 Å². The molecule has 1 fully saturated rings. The molecule has 0 spiro atoms. The zero-order valence-electron chi connectivity index (χ0n) is 18.7. The zero-order chi connectivity index (χ0) is 22.9. The summed E-state index contributed by atoms with van der Waals surface area (Å²) in [5.41, 5.74) is 2.65. The lowest BCUT2D eigenvalue weighted by atomic mass is 9.67. The van der Waals surface area contributed by atoms with Crippen molar-refractivity contribution in [2.24, 2.45) is 12.5 Å². The predicted molar refractivity (Wildman–Crippen MR) is 125 cm³/mol. The van der Waals surface area contributed by atoms with Gasteiger partial charge in [-0.1, -0.05) is 19.4 Å². The Hall–Kier alpha value is -3.42. The second-order valence-corrected chi connectivity index (χ2v) is 8.74. The molecule has 2 heterocycles. The molecular weight excluding hydrogens is 406 g/mol. The number of nitrogens with zero attached hydrogens (tertiary/aromatic N) is 3. The SMILES string of the molecule is CCC1(CNc2nc3c(CNc4ncccc4C(=O)O)cc(C)cc3c(=O)n2C)CCC1. The molecule has 32 heavy (non-hydrogen) atoms. The Morgan fingerprint density at radius 3 is 2.72 bits per heavy atom. The molecule has 1 aromatic carbocycles. The van der Waals surface area contributed by atoms with Gasteiger partial charge in [0.05, 0.1) is 10.9 Å². The lowest BCUT2D eigenvalue weighted by molar-refractivity contribution is 0.0697. The van der Waals surface area contributed by atoms with Gasteiger partial charge in [0.1, 0.15) is 11.4 Å². The van der Waals surface area contributed by atoms with Crippen molar-refractivity contribution in [3.8, 4) is 0 Å². The molecule has 1 aliphatic rings. The van der Waals surface area contributed by atoms with Gasteiger partial charge in [-0.05, 0) is 60.9 Å². The molecular formula is C24H29N5O3. The highest BCUT2D eigenvalue weighted by molar-refractivity contribution is 5.93. The van der Waals surface area contributed by atoms with Crippen molar-refractivity contribution in [1.82, 2.24) is 14.5 Å². The maximum absolute atomic E-state index is 13.1. The molecule has 3 N–H and O–H groups in total. The van der Waals surface area contributed by atoms with Crippen molar-refractivity contribution in [3.63, 3.8) is 0 Å². The minimum absolute atomic E-state index is 0.0982. The number of nitrogens with one attached hydrogen (secondary N) is 2. The van der Waals surface area contributed by atoms with Crippen LogP contribution in [0.1, 0.15) is 54.1 Å². The Kier molecular flexibility index (Phi) is 5.86. The number of hydrogen-bond acceptors (Lipinski definition) is 6. The average molecular weight is 436 g/mol. The monoisotopic (exact) mass is 435 g/mol. The third-order valence-electron chi connectivity index (χ3n) is 6.67. The summed E-state index contributed by atoms with van der Waals surface area (Å²) in [6.07, 6.45) is 6.29. The lowest BCUT2D eigenvalue weighted by Gasteiger charge is -2.41. The summed E-state index contributed by atoms with van der Waals surface area (Å²) in [6.45, 7) is 5.24. The molecule has 1 saturated carbocycles. The summed E-state index contributed by atoms with van der Waals surface area (Å²) in [6, 6.07) is 6.91. The number of anilines is 2. The predicted octanol–water partition coefficient (Wildman–Crippen LogP) is 3.94. The van der Waals surface area contributed by atoms with Crippen LogP contribution in [-0.4, -0.2) is 32.2 Å². The highest BCUT2D eigenvalue weighted by Gasteiger charge is 2.35. The second kappa shape index (κ2) is 8.61.